The van der Waals surface area contributed by atoms with Gasteiger partial charge in [0.2, 0.25) is 4.96 Å². The van der Waals surface area contributed by atoms with Crippen LogP contribution in [-0.4, -0.2) is 63.1 Å². The fourth-order valence-corrected chi connectivity index (χ4v) is 4.89. The molecule has 1 amide bonds. The van der Waals surface area contributed by atoms with Gasteiger partial charge in [-0.2, -0.15) is 9.61 Å². The fraction of sp³-hybridized carbons (Fsp3) is 0.280. The van der Waals surface area contributed by atoms with E-state index in [-0.39, 0.29) is 18.1 Å². The molecule has 0 aliphatic carbocycles. The van der Waals surface area contributed by atoms with Crippen LogP contribution in [0.3, 0.4) is 0 Å². The van der Waals surface area contributed by atoms with Gasteiger partial charge in [-0.1, -0.05) is 53.8 Å². The number of aryl methyl sites for hydroxylation is 1. The van der Waals surface area contributed by atoms with Gasteiger partial charge < -0.3 is 9.64 Å². The molecule has 1 aliphatic heterocycles. The number of carbonyl (C=O) groups excluding carboxylic acids is 1. The van der Waals surface area contributed by atoms with Crippen molar-refractivity contribution in [3.63, 3.8) is 0 Å². The average molecular weight is 476 g/mol. The third-order valence-electron chi connectivity index (χ3n) is 5.78. The first-order valence-corrected chi connectivity index (χ1v) is 12.0. The highest BCUT2D eigenvalue weighted by molar-refractivity contribution is 7.19. The topological polar surface area (TPSA) is 80.0 Å². The molecule has 1 aliphatic rings. The molecule has 3 heterocycles. The summed E-state index contributed by atoms with van der Waals surface area (Å²) in [7, 11) is 0. The van der Waals surface area contributed by atoms with Crippen molar-refractivity contribution in [1.82, 2.24) is 24.4 Å². The number of fused-ring (bicyclic) bond motifs is 1. The second-order valence-electron chi connectivity index (χ2n) is 8.32. The van der Waals surface area contributed by atoms with Crippen LogP contribution in [0.25, 0.3) is 15.5 Å². The molecule has 34 heavy (non-hydrogen) atoms. The van der Waals surface area contributed by atoms with Crippen LogP contribution in [0.5, 0.6) is 5.75 Å². The summed E-state index contributed by atoms with van der Waals surface area (Å²) in [6.07, 6.45) is 0. The zero-order chi connectivity index (χ0) is 23.5. The van der Waals surface area contributed by atoms with Gasteiger partial charge in [0.25, 0.3) is 11.5 Å². The SMILES string of the molecule is Cc1cccc(OCC(=O)N2CCN(Cc3cc(=O)n4nc(-c5ccccc5)sc4n3)CC2)c1. The minimum absolute atomic E-state index is 0.0166. The molecule has 1 saturated heterocycles. The number of nitrogens with zero attached hydrogens (tertiary/aromatic N) is 5. The predicted molar refractivity (Wildman–Crippen MR) is 131 cm³/mol. The van der Waals surface area contributed by atoms with Crippen LogP contribution in [0.15, 0.2) is 65.5 Å². The third-order valence-corrected chi connectivity index (χ3v) is 6.74. The molecular formula is C25H25N5O3S. The Balaban J connectivity index is 1.18. The van der Waals surface area contributed by atoms with E-state index in [2.05, 4.69) is 15.0 Å². The largest absolute Gasteiger partial charge is 0.484 e. The second-order valence-corrected chi connectivity index (χ2v) is 9.27. The molecule has 1 fully saturated rings. The number of aromatic nitrogens is 3. The molecule has 174 valence electrons. The summed E-state index contributed by atoms with van der Waals surface area (Å²) >= 11 is 1.40. The van der Waals surface area contributed by atoms with Gasteiger partial charge in [0.15, 0.2) is 6.61 Å². The quantitative estimate of drug-likeness (QED) is 0.427. The summed E-state index contributed by atoms with van der Waals surface area (Å²) in [5.74, 6) is 0.690. The predicted octanol–water partition coefficient (Wildman–Crippen LogP) is 2.85. The lowest BCUT2D eigenvalue weighted by Gasteiger charge is -2.34. The van der Waals surface area contributed by atoms with E-state index >= 15 is 0 Å². The van der Waals surface area contributed by atoms with Gasteiger partial charge in [0.1, 0.15) is 10.8 Å². The summed E-state index contributed by atoms with van der Waals surface area (Å²) in [6.45, 7) is 5.27. The van der Waals surface area contributed by atoms with Crippen molar-refractivity contribution in [2.45, 2.75) is 13.5 Å². The normalized spacial score (nSPS) is 14.4. The number of hydrogen-bond donors (Lipinski definition) is 0. The zero-order valence-corrected chi connectivity index (χ0v) is 19.7. The van der Waals surface area contributed by atoms with Crippen LogP contribution in [0.2, 0.25) is 0 Å². The van der Waals surface area contributed by atoms with Crippen LogP contribution >= 0.6 is 11.3 Å². The van der Waals surface area contributed by atoms with Crippen molar-refractivity contribution >= 4 is 22.2 Å². The Hall–Kier alpha value is -3.56. The van der Waals surface area contributed by atoms with Crippen LogP contribution in [0, 0.1) is 6.92 Å². The molecular weight excluding hydrogens is 450 g/mol. The maximum absolute atomic E-state index is 12.6. The van der Waals surface area contributed by atoms with Gasteiger partial charge in [-0.15, -0.1) is 0 Å². The fourth-order valence-electron chi connectivity index (χ4n) is 3.96. The third kappa shape index (κ3) is 5.00. The Morgan fingerprint density at radius 1 is 1.03 bits per heavy atom. The second kappa shape index (κ2) is 9.74. The Morgan fingerprint density at radius 2 is 1.82 bits per heavy atom. The molecule has 0 bridgehead atoms. The maximum atomic E-state index is 12.6. The van der Waals surface area contributed by atoms with E-state index in [1.165, 1.54) is 15.9 Å². The van der Waals surface area contributed by atoms with Crippen LogP contribution in [-0.2, 0) is 11.3 Å². The minimum atomic E-state index is -0.180. The highest BCUT2D eigenvalue weighted by Gasteiger charge is 2.22. The molecule has 2 aromatic carbocycles. The Morgan fingerprint density at radius 3 is 2.59 bits per heavy atom. The summed E-state index contributed by atoms with van der Waals surface area (Å²) in [5.41, 5.74) is 2.60. The van der Waals surface area contributed by atoms with Crippen LogP contribution in [0.1, 0.15) is 11.3 Å². The van der Waals surface area contributed by atoms with Gasteiger partial charge in [0, 0.05) is 44.4 Å². The van der Waals surface area contributed by atoms with E-state index in [9.17, 15) is 9.59 Å². The highest BCUT2D eigenvalue weighted by atomic mass is 32.1. The zero-order valence-electron chi connectivity index (χ0n) is 18.9. The molecule has 0 atom stereocenters. The molecule has 2 aromatic heterocycles. The number of amides is 1. The standard InChI is InChI=1S/C25H25N5O3S/c1-18-6-5-9-21(14-18)33-17-23(32)29-12-10-28(11-13-29)16-20-15-22(31)30-25(26-20)34-24(27-30)19-7-3-2-4-8-19/h2-9,14-15H,10-13,16-17H2,1H3. The van der Waals surface area contributed by atoms with Crippen LogP contribution < -0.4 is 10.3 Å². The monoisotopic (exact) mass is 475 g/mol. The Labute approximate surface area is 201 Å². The van der Waals surface area contributed by atoms with Crippen molar-refractivity contribution in [3.8, 4) is 16.3 Å². The first kappa shape index (κ1) is 22.2. The Kier molecular flexibility index (Phi) is 6.37. The highest BCUT2D eigenvalue weighted by Crippen LogP contribution is 2.24. The molecule has 5 rings (SSSR count). The van der Waals surface area contributed by atoms with Gasteiger partial charge >= 0.3 is 0 Å². The van der Waals surface area contributed by atoms with E-state index in [0.717, 1.165) is 34.9 Å². The van der Waals surface area contributed by atoms with E-state index in [1.807, 2.05) is 66.4 Å². The lowest BCUT2D eigenvalue weighted by molar-refractivity contribution is -0.135. The molecule has 8 nitrogen and oxygen atoms in total. The van der Waals surface area contributed by atoms with Crippen molar-refractivity contribution in [3.05, 3.63) is 82.3 Å². The minimum Gasteiger partial charge on any atom is -0.484 e. The number of ether oxygens (including phenoxy) is 1. The lowest BCUT2D eigenvalue weighted by Crippen LogP contribution is -2.49. The number of hydrogen-bond acceptors (Lipinski definition) is 7. The molecule has 0 N–H and O–H groups in total. The summed E-state index contributed by atoms with van der Waals surface area (Å²) in [4.78, 5) is 34.5. The summed E-state index contributed by atoms with van der Waals surface area (Å²) in [6, 6.07) is 19.0. The van der Waals surface area contributed by atoms with Crippen molar-refractivity contribution in [1.29, 1.82) is 0 Å². The summed E-state index contributed by atoms with van der Waals surface area (Å²) < 4.78 is 7.02. The first-order valence-electron chi connectivity index (χ1n) is 11.2. The molecule has 9 heteroatoms. The van der Waals surface area contributed by atoms with E-state index in [4.69, 9.17) is 4.74 Å². The van der Waals surface area contributed by atoms with Crippen LogP contribution in [0.4, 0.5) is 0 Å². The van der Waals surface area contributed by atoms with Crippen molar-refractivity contribution < 1.29 is 9.53 Å². The van der Waals surface area contributed by atoms with Crippen molar-refractivity contribution in [2.24, 2.45) is 0 Å². The van der Waals surface area contributed by atoms with E-state index < -0.39 is 0 Å². The van der Waals surface area contributed by atoms with Gasteiger partial charge in [-0.3, -0.25) is 14.5 Å². The maximum Gasteiger partial charge on any atom is 0.275 e. The lowest BCUT2D eigenvalue weighted by atomic mass is 10.2. The van der Waals surface area contributed by atoms with E-state index in [0.29, 0.717) is 30.3 Å². The number of rotatable bonds is 6. The number of piperazine rings is 1. The molecule has 0 spiro atoms. The number of carbonyl (C=O) groups is 1. The first-order chi connectivity index (χ1) is 16.5. The smallest absolute Gasteiger partial charge is 0.275 e. The molecule has 0 radical (unpaired) electrons. The summed E-state index contributed by atoms with van der Waals surface area (Å²) in [5, 5.41) is 5.20. The molecule has 0 unspecified atom stereocenters. The number of benzene rings is 2. The molecule has 0 saturated carbocycles. The van der Waals surface area contributed by atoms with Crippen molar-refractivity contribution in [2.75, 3.05) is 32.8 Å². The average Bonchev–Trinajstić information content (AvgIpc) is 3.29. The van der Waals surface area contributed by atoms with Gasteiger partial charge in [-0.05, 0) is 24.6 Å². The molecule has 4 aromatic rings. The van der Waals surface area contributed by atoms with E-state index in [1.54, 1.807) is 6.07 Å². The van der Waals surface area contributed by atoms with Gasteiger partial charge in [0.05, 0.1) is 5.69 Å². The Bertz CT molecular complexity index is 1360. The van der Waals surface area contributed by atoms with Gasteiger partial charge in [-0.25, -0.2) is 4.98 Å².